The number of hydrogen-bond donors (Lipinski definition) is 2. The van der Waals surface area contributed by atoms with Gasteiger partial charge in [-0.25, -0.2) is 4.98 Å². The molecule has 1 aliphatic carbocycles. The second-order valence-corrected chi connectivity index (χ2v) is 5.56. The molecule has 0 unspecified atom stereocenters. The number of aromatic nitrogens is 2. The van der Waals surface area contributed by atoms with Gasteiger partial charge in [0.25, 0.3) is 5.91 Å². The van der Waals surface area contributed by atoms with Crippen molar-refractivity contribution in [1.29, 1.82) is 0 Å². The summed E-state index contributed by atoms with van der Waals surface area (Å²) in [5, 5.41) is 6.63. The maximum atomic E-state index is 12.3. The number of nitrogens with one attached hydrogen (secondary N) is 2. The Morgan fingerprint density at radius 1 is 1.47 bits per heavy atom. The SMILES string of the molecule is O=C(N[C@@H]1C[C@@H]2C[C@@H]1CN2)c1ccn2cncc2c1. The Kier molecular flexibility index (Phi) is 2.35. The van der Waals surface area contributed by atoms with Crippen molar-refractivity contribution in [2.75, 3.05) is 6.54 Å². The van der Waals surface area contributed by atoms with Gasteiger partial charge in [-0.15, -0.1) is 0 Å². The fraction of sp³-hybridized carbons (Fsp3) is 0.429. The van der Waals surface area contributed by atoms with Gasteiger partial charge in [0.15, 0.2) is 0 Å². The number of carbonyl (C=O) groups is 1. The zero-order chi connectivity index (χ0) is 12.8. The topological polar surface area (TPSA) is 58.4 Å². The van der Waals surface area contributed by atoms with Crippen LogP contribution < -0.4 is 10.6 Å². The minimum absolute atomic E-state index is 0.0289. The summed E-state index contributed by atoms with van der Waals surface area (Å²) in [6, 6.07) is 4.66. The molecule has 2 fully saturated rings. The second-order valence-electron chi connectivity index (χ2n) is 5.56. The van der Waals surface area contributed by atoms with Gasteiger partial charge in [-0.2, -0.15) is 0 Å². The Balaban J connectivity index is 1.53. The van der Waals surface area contributed by atoms with E-state index in [0.717, 1.165) is 18.5 Å². The van der Waals surface area contributed by atoms with Crippen LogP contribution in [0.4, 0.5) is 0 Å². The molecule has 2 N–H and O–H groups in total. The molecule has 3 heterocycles. The van der Waals surface area contributed by atoms with Crippen LogP contribution in [0, 0.1) is 5.92 Å². The molecule has 19 heavy (non-hydrogen) atoms. The van der Waals surface area contributed by atoms with Gasteiger partial charge in [0, 0.05) is 30.4 Å². The van der Waals surface area contributed by atoms with Gasteiger partial charge in [-0.1, -0.05) is 0 Å². The van der Waals surface area contributed by atoms with Crippen molar-refractivity contribution in [2.24, 2.45) is 5.92 Å². The van der Waals surface area contributed by atoms with Gasteiger partial charge < -0.3 is 15.0 Å². The first-order chi connectivity index (χ1) is 9.29. The highest BCUT2D eigenvalue weighted by molar-refractivity contribution is 5.95. The molecule has 2 aromatic rings. The van der Waals surface area contributed by atoms with Gasteiger partial charge >= 0.3 is 0 Å². The average Bonchev–Trinajstić information content (AvgIpc) is 3.13. The monoisotopic (exact) mass is 256 g/mol. The Hall–Kier alpha value is -1.88. The van der Waals surface area contributed by atoms with Crippen molar-refractivity contribution < 1.29 is 4.79 Å². The lowest BCUT2D eigenvalue weighted by Crippen LogP contribution is -2.44. The minimum Gasteiger partial charge on any atom is -0.349 e. The van der Waals surface area contributed by atoms with Crippen LogP contribution in [0.25, 0.3) is 5.52 Å². The normalized spacial score (nSPS) is 28.9. The molecule has 5 heteroatoms. The third-order valence-corrected chi connectivity index (χ3v) is 4.36. The van der Waals surface area contributed by atoms with Crippen molar-refractivity contribution in [1.82, 2.24) is 20.0 Å². The zero-order valence-corrected chi connectivity index (χ0v) is 10.5. The van der Waals surface area contributed by atoms with E-state index < -0.39 is 0 Å². The summed E-state index contributed by atoms with van der Waals surface area (Å²) in [6.45, 7) is 1.04. The summed E-state index contributed by atoms with van der Waals surface area (Å²) < 4.78 is 1.90. The number of fused-ring (bicyclic) bond motifs is 3. The summed E-state index contributed by atoms with van der Waals surface area (Å²) in [5.41, 5.74) is 1.66. The standard InChI is InChI=1S/C14H16N4O/c19-14(17-13-5-11-3-10(13)6-16-11)9-1-2-18-8-15-7-12(18)4-9/h1-2,4,7-8,10-11,13,16H,3,5-6H2,(H,17,19)/t10-,11+,13-/m1/s1. The van der Waals surface area contributed by atoms with Crippen LogP contribution in [0.2, 0.25) is 0 Å². The molecule has 2 bridgehead atoms. The molecule has 4 rings (SSSR count). The van der Waals surface area contributed by atoms with E-state index in [4.69, 9.17) is 0 Å². The van der Waals surface area contributed by atoms with Crippen molar-refractivity contribution in [3.63, 3.8) is 0 Å². The molecular weight excluding hydrogens is 240 g/mol. The van der Waals surface area contributed by atoms with E-state index in [1.165, 1.54) is 6.42 Å². The van der Waals surface area contributed by atoms with Crippen LogP contribution in [0.3, 0.4) is 0 Å². The molecular formula is C14H16N4O. The third kappa shape index (κ3) is 1.81. The molecule has 1 saturated heterocycles. The number of hydrogen-bond acceptors (Lipinski definition) is 3. The summed E-state index contributed by atoms with van der Waals surface area (Å²) in [6.07, 6.45) is 7.63. The summed E-state index contributed by atoms with van der Waals surface area (Å²) in [5.74, 6) is 0.633. The summed E-state index contributed by atoms with van der Waals surface area (Å²) in [4.78, 5) is 16.3. The number of pyridine rings is 1. The molecule has 5 nitrogen and oxygen atoms in total. The molecule has 1 amide bonds. The van der Waals surface area contributed by atoms with Crippen LogP contribution in [0.15, 0.2) is 30.9 Å². The predicted octanol–water partition coefficient (Wildman–Crippen LogP) is 0.814. The van der Waals surface area contributed by atoms with E-state index in [-0.39, 0.29) is 5.91 Å². The minimum atomic E-state index is 0.0289. The first kappa shape index (κ1) is 11.0. The largest absolute Gasteiger partial charge is 0.349 e. The molecule has 98 valence electrons. The van der Waals surface area contributed by atoms with Crippen LogP contribution in [0.5, 0.6) is 0 Å². The highest BCUT2D eigenvalue weighted by atomic mass is 16.1. The predicted molar refractivity (Wildman–Crippen MR) is 71.0 cm³/mol. The molecule has 0 aromatic carbocycles. The maximum absolute atomic E-state index is 12.3. The first-order valence-electron chi connectivity index (χ1n) is 6.75. The third-order valence-electron chi connectivity index (χ3n) is 4.36. The molecule has 0 spiro atoms. The smallest absolute Gasteiger partial charge is 0.251 e. The number of imidazole rings is 1. The van der Waals surface area contributed by atoms with E-state index in [9.17, 15) is 4.79 Å². The lowest BCUT2D eigenvalue weighted by molar-refractivity contribution is 0.0925. The van der Waals surface area contributed by atoms with Gasteiger partial charge in [-0.3, -0.25) is 4.79 Å². The van der Waals surface area contributed by atoms with E-state index in [2.05, 4.69) is 15.6 Å². The van der Waals surface area contributed by atoms with Crippen LogP contribution in [-0.4, -0.2) is 33.9 Å². The van der Waals surface area contributed by atoms with Crippen LogP contribution >= 0.6 is 0 Å². The molecule has 2 aliphatic rings. The van der Waals surface area contributed by atoms with Gasteiger partial charge in [0.05, 0.1) is 18.0 Å². The van der Waals surface area contributed by atoms with Crippen molar-refractivity contribution >= 4 is 11.4 Å². The Morgan fingerprint density at radius 3 is 3.21 bits per heavy atom. The molecule has 1 saturated carbocycles. The van der Waals surface area contributed by atoms with Crippen LogP contribution in [0.1, 0.15) is 23.2 Å². The van der Waals surface area contributed by atoms with Crippen molar-refractivity contribution in [3.05, 3.63) is 36.4 Å². The van der Waals surface area contributed by atoms with Gasteiger partial charge in [-0.05, 0) is 30.9 Å². The lowest BCUT2D eigenvalue weighted by atomic mass is 10.0. The number of carbonyl (C=O) groups excluding carboxylic acids is 1. The Labute approximate surface area is 111 Å². The fourth-order valence-electron chi connectivity index (χ4n) is 3.32. The first-order valence-corrected chi connectivity index (χ1v) is 6.75. The average molecular weight is 256 g/mol. The maximum Gasteiger partial charge on any atom is 0.251 e. The van der Waals surface area contributed by atoms with Gasteiger partial charge in [0.1, 0.15) is 0 Å². The Morgan fingerprint density at radius 2 is 2.42 bits per heavy atom. The summed E-state index contributed by atoms with van der Waals surface area (Å²) >= 11 is 0. The van der Waals surface area contributed by atoms with E-state index in [1.54, 1.807) is 12.5 Å². The van der Waals surface area contributed by atoms with Crippen molar-refractivity contribution in [2.45, 2.75) is 24.9 Å². The molecule has 0 radical (unpaired) electrons. The van der Waals surface area contributed by atoms with Crippen molar-refractivity contribution in [3.8, 4) is 0 Å². The highest BCUT2D eigenvalue weighted by Crippen LogP contribution is 2.31. The second kappa shape index (κ2) is 4.06. The fourth-order valence-corrected chi connectivity index (χ4v) is 3.32. The number of nitrogens with zero attached hydrogens (tertiary/aromatic N) is 2. The van der Waals surface area contributed by atoms with Gasteiger partial charge in [0.2, 0.25) is 0 Å². The zero-order valence-electron chi connectivity index (χ0n) is 10.5. The molecule has 2 aromatic heterocycles. The van der Waals surface area contributed by atoms with E-state index >= 15 is 0 Å². The molecule has 3 atom stereocenters. The lowest BCUT2D eigenvalue weighted by Gasteiger charge is -2.23. The number of piperidine rings is 1. The quantitative estimate of drug-likeness (QED) is 0.836. The van der Waals surface area contributed by atoms with E-state index in [0.29, 0.717) is 23.6 Å². The van der Waals surface area contributed by atoms with E-state index in [1.807, 2.05) is 22.7 Å². The number of amides is 1. The number of rotatable bonds is 2. The van der Waals surface area contributed by atoms with Crippen LogP contribution in [-0.2, 0) is 0 Å². The molecule has 1 aliphatic heterocycles. The highest BCUT2D eigenvalue weighted by Gasteiger charge is 2.40. The Bertz CT molecular complexity index is 635. The summed E-state index contributed by atoms with van der Waals surface area (Å²) in [7, 11) is 0.